The molecular formula is C13H29N3O. The Hall–Kier alpha value is -0.160. The van der Waals surface area contributed by atoms with Gasteiger partial charge in [0.1, 0.15) is 0 Å². The molecule has 1 aliphatic rings. The van der Waals surface area contributed by atoms with Crippen LogP contribution in [0.5, 0.6) is 0 Å². The predicted octanol–water partition coefficient (Wildman–Crippen LogP) is 0.639. The minimum atomic E-state index is 0.375. The van der Waals surface area contributed by atoms with Gasteiger partial charge in [0.25, 0.3) is 0 Å². The predicted molar refractivity (Wildman–Crippen MR) is 72.5 cm³/mol. The molecule has 0 amide bonds. The monoisotopic (exact) mass is 243 g/mol. The molecule has 0 radical (unpaired) electrons. The summed E-state index contributed by atoms with van der Waals surface area (Å²) in [6, 6.07) is 0. The quantitative estimate of drug-likeness (QED) is 0.677. The highest BCUT2D eigenvalue weighted by molar-refractivity contribution is 4.73. The molecule has 1 saturated heterocycles. The van der Waals surface area contributed by atoms with Crippen LogP contribution >= 0.6 is 0 Å². The van der Waals surface area contributed by atoms with Crippen molar-refractivity contribution in [1.29, 1.82) is 0 Å². The maximum Gasteiger partial charge on any atom is 0.0826 e. The van der Waals surface area contributed by atoms with Crippen molar-refractivity contribution in [2.75, 3.05) is 59.5 Å². The van der Waals surface area contributed by atoms with Crippen LogP contribution < -0.4 is 5.32 Å². The summed E-state index contributed by atoms with van der Waals surface area (Å²) in [6.45, 7) is 13.0. The third-order valence-electron chi connectivity index (χ3n) is 3.25. The van der Waals surface area contributed by atoms with Gasteiger partial charge in [-0.15, -0.1) is 0 Å². The second-order valence-electron chi connectivity index (χ2n) is 4.90. The second kappa shape index (κ2) is 8.86. The molecule has 1 rings (SSSR count). The van der Waals surface area contributed by atoms with Crippen LogP contribution in [0.4, 0.5) is 0 Å². The summed E-state index contributed by atoms with van der Waals surface area (Å²) in [4.78, 5) is 4.94. The van der Waals surface area contributed by atoms with E-state index in [1.807, 2.05) is 0 Å². The highest BCUT2D eigenvalue weighted by Crippen LogP contribution is 2.04. The Labute approximate surface area is 106 Å². The van der Waals surface area contributed by atoms with Crippen molar-refractivity contribution in [2.24, 2.45) is 0 Å². The first-order valence-electron chi connectivity index (χ1n) is 6.99. The molecule has 1 fully saturated rings. The third kappa shape index (κ3) is 6.36. The lowest BCUT2D eigenvalue weighted by Gasteiger charge is -2.34. The van der Waals surface area contributed by atoms with E-state index in [0.29, 0.717) is 6.10 Å². The van der Waals surface area contributed by atoms with Gasteiger partial charge in [0.15, 0.2) is 0 Å². The molecule has 4 heteroatoms. The van der Waals surface area contributed by atoms with E-state index in [2.05, 4.69) is 36.0 Å². The van der Waals surface area contributed by atoms with Crippen LogP contribution in [0.3, 0.4) is 0 Å². The Morgan fingerprint density at radius 2 is 2.18 bits per heavy atom. The summed E-state index contributed by atoms with van der Waals surface area (Å²) >= 11 is 0. The molecule has 1 heterocycles. The molecule has 4 nitrogen and oxygen atoms in total. The molecule has 0 aliphatic carbocycles. The molecular weight excluding hydrogens is 214 g/mol. The molecule has 1 atom stereocenters. The molecule has 0 saturated carbocycles. The van der Waals surface area contributed by atoms with E-state index in [1.165, 1.54) is 26.1 Å². The molecule has 0 unspecified atom stereocenters. The summed E-state index contributed by atoms with van der Waals surface area (Å²) in [6.07, 6.45) is 1.61. The molecule has 0 aromatic carbocycles. The highest BCUT2D eigenvalue weighted by atomic mass is 16.5. The number of nitrogens with zero attached hydrogens (tertiary/aromatic N) is 2. The summed E-state index contributed by atoms with van der Waals surface area (Å²) < 4.78 is 5.75. The van der Waals surface area contributed by atoms with Crippen molar-refractivity contribution in [1.82, 2.24) is 15.1 Å². The average Bonchev–Trinajstić information content (AvgIpc) is 2.35. The largest absolute Gasteiger partial charge is 0.374 e. The van der Waals surface area contributed by atoms with Crippen molar-refractivity contribution in [3.8, 4) is 0 Å². The van der Waals surface area contributed by atoms with Crippen LogP contribution in [-0.4, -0.2) is 75.4 Å². The van der Waals surface area contributed by atoms with E-state index in [1.54, 1.807) is 0 Å². The van der Waals surface area contributed by atoms with Gasteiger partial charge in [0.05, 0.1) is 12.7 Å². The number of rotatable bonds is 8. The second-order valence-corrected chi connectivity index (χ2v) is 4.90. The normalized spacial score (nSPS) is 22.2. The summed E-state index contributed by atoms with van der Waals surface area (Å²) in [5.41, 5.74) is 0. The first-order valence-corrected chi connectivity index (χ1v) is 6.99. The van der Waals surface area contributed by atoms with Gasteiger partial charge in [0.2, 0.25) is 0 Å². The minimum absolute atomic E-state index is 0.375. The molecule has 1 N–H and O–H groups in total. The molecule has 0 aromatic rings. The zero-order valence-electron chi connectivity index (χ0n) is 11.7. The molecule has 1 aliphatic heterocycles. The number of ether oxygens (including phenoxy) is 1. The van der Waals surface area contributed by atoms with E-state index < -0.39 is 0 Å². The van der Waals surface area contributed by atoms with Gasteiger partial charge in [-0.1, -0.05) is 13.8 Å². The van der Waals surface area contributed by atoms with Gasteiger partial charge in [0, 0.05) is 32.7 Å². The van der Waals surface area contributed by atoms with Crippen LogP contribution in [0.2, 0.25) is 0 Å². The van der Waals surface area contributed by atoms with Crippen LogP contribution in [0, 0.1) is 0 Å². The molecule has 102 valence electrons. The summed E-state index contributed by atoms with van der Waals surface area (Å²) in [5.74, 6) is 0. The van der Waals surface area contributed by atoms with Crippen molar-refractivity contribution in [3.63, 3.8) is 0 Å². The number of likely N-dealkylation sites (N-methyl/N-ethyl adjacent to an activating group) is 2. The zero-order valence-corrected chi connectivity index (χ0v) is 11.7. The SMILES string of the molecule is CCCN(C)CCN1CCO[C@H](CNCC)C1. The van der Waals surface area contributed by atoms with Crippen LogP contribution in [-0.2, 0) is 4.74 Å². The summed E-state index contributed by atoms with van der Waals surface area (Å²) in [5, 5.41) is 3.36. The highest BCUT2D eigenvalue weighted by Gasteiger charge is 2.19. The van der Waals surface area contributed by atoms with Gasteiger partial charge < -0.3 is 15.0 Å². The molecule has 0 bridgehead atoms. The Bertz CT molecular complexity index is 190. The summed E-state index contributed by atoms with van der Waals surface area (Å²) in [7, 11) is 2.21. The Balaban J connectivity index is 2.15. The standard InChI is InChI=1S/C13H29N3O/c1-4-6-15(3)7-8-16-9-10-17-13(12-16)11-14-5-2/h13-14H,4-12H2,1-3H3/t13-/m1/s1. The third-order valence-corrected chi connectivity index (χ3v) is 3.25. The number of nitrogens with one attached hydrogen (secondary N) is 1. The fourth-order valence-electron chi connectivity index (χ4n) is 2.22. The lowest BCUT2D eigenvalue weighted by molar-refractivity contribution is -0.0284. The van der Waals surface area contributed by atoms with E-state index in [0.717, 1.165) is 32.8 Å². The van der Waals surface area contributed by atoms with Crippen LogP contribution in [0.1, 0.15) is 20.3 Å². The fourth-order valence-corrected chi connectivity index (χ4v) is 2.22. The van der Waals surface area contributed by atoms with Gasteiger partial charge in [-0.25, -0.2) is 0 Å². The smallest absolute Gasteiger partial charge is 0.0826 e. The number of hydrogen-bond acceptors (Lipinski definition) is 4. The maximum absolute atomic E-state index is 5.75. The van der Waals surface area contributed by atoms with Crippen LogP contribution in [0.15, 0.2) is 0 Å². The van der Waals surface area contributed by atoms with Crippen molar-refractivity contribution < 1.29 is 4.74 Å². The fraction of sp³-hybridized carbons (Fsp3) is 1.00. The maximum atomic E-state index is 5.75. The Morgan fingerprint density at radius 3 is 2.88 bits per heavy atom. The van der Waals surface area contributed by atoms with Crippen molar-refractivity contribution in [2.45, 2.75) is 26.4 Å². The lowest BCUT2D eigenvalue weighted by atomic mass is 10.2. The lowest BCUT2D eigenvalue weighted by Crippen LogP contribution is -2.48. The topological polar surface area (TPSA) is 27.7 Å². The minimum Gasteiger partial charge on any atom is -0.374 e. The van der Waals surface area contributed by atoms with E-state index in [4.69, 9.17) is 4.74 Å². The number of hydrogen-bond donors (Lipinski definition) is 1. The first-order chi connectivity index (χ1) is 8.26. The molecule has 0 aromatic heterocycles. The van der Waals surface area contributed by atoms with Gasteiger partial charge in [-0.05, 0) is 26.6 Å². The Kier molecular flexibility index (Phi) is 7.77. The van der Waals surface area contributed by atoms with E-state index >= 15 is 0 Å². The van der Waals surface area contributed by atoms with Gasteiger partial charge >= 0.3 is 0 Å². The van der Waals surface area contributed by atoms with E-state index in [-0.39, 0.29) is 0 Å². The Morgan fingerprint density at radius 1 is 1.35 bits per heavy atom. The number of morpholine rings is 1. The molecule has 0 spiro atoms. The van der Waals surface area contributed by atoms with Gasteiger partial charge in [-0.2, -0.15) is 0 Å². The molecule has 17 heavy (non-hydrogen) atoms. The first kappa shape index (κ1) is 14.9. The van der Waals surface area contributed by atoms with Crippen LogP contribution in [0.25, 0.3) is 0 Å². The van der Waals surface area contributed by atoms with Gasteiger partial charge in [-0.3, -0.25) is 4.90 Å². The zero-order chi connectivity index (χ0) is 12.5. The van der Waals surface area contributed by atoms with E-state index in [9.17, 15) is 0 Å². The van der Waals surface area contributed by atoms with Crippen molar-refractivity contribution in [3.05, 3.63) is 0 Å². The van der Waals surface area contributed by atoms with Crippen molar-refractivity contribution >= 4 is 0 Å². The average molecular weight is 243 g/mol.